The van der Waals surface area contributed by atoms with Crippen LogP contribution in [0.3, 0.4) is 0 Å². The zero-order valence-electron chi connectivity index (χ0n) is 16.9. The fourth-order valence-corrected chi connectivity index (χ4v) is 3.62. The number of aryl methyl sites for hydroxylation is 1. The van der Waals surface area contributed by atoms with Crippen LogP contribution in [0.1, 0.15) is 77.0 Å². The van der Waals surface area contributed by atoms with Gasteiger partial charge in [-0.25, -0.2) is 4.98 Å². The molecule has 1 aliphatic rings. The zero-order chi connectivity index (χ0) is 19.9. The summed E-state index contributed by atoms with van der Waals surface area (Å²) in [5.74, 6) is -0.0434. The molecule has 0 saturated heterocycles. The van der Waals surface area contributed by atoms with Crippen molar-refractivity contribution in [3.05, 3.63) is 52.6 Å². The van der Waals surface area contributed by atoms with Crippen molar-refractivity contribution in [1.82, 2.24) is 20.2 Å². The van der Waals surface area contributed by atoms with Crippen molar-refractivity contribution in [1.29, 1.82) is 0 Å². The number of hydrogen-bond acceptors (Lipinski definition) is 3. The Labute approximate surface area is 166 Å². The van der Waals surface area contributed by atoms with Crippen molar-refractivity contribution in [3.8, 4) is 0 Å². The van der Waals surface area contributed by atoms with Gasteiger partial charge in [-0.3, -0.25) is 9.59 Å². The average Bonchev–Trinajstić information content (AvgIpc) is 3.10. The van der Waals surface area contributed by atoms with Crippen molar-refractivity contribution in [2.45, 2.75) is 65.5 Å². The van der Waals surface area contributed by atoms with Gasteiger partial charge in [0.1, 0.15) is 5.69 Å². The summed E-state index contributed by atoms with van der Waals surface area (Å²) >= 11 is 0. The van der Waals surface area contributed by atoms with Gasteiger partial charge in [0.05, 0.1) is 5.69 Å². The van der Waals surface area contributed by atoms with Gasteiger partial charge in [-0.05, 0) is 43.7 Å². The summed E-state index contributed by atoms with van der Waals surface area (Å²) < 4.78 is 1.93. The van der Waals surface area contributed by atoms with Gasteiger partial charge in [0.25, 0.3) is 11.8 Å². The molecule has 1 aliphatic heterocycles. The summed E-state index contributed by atoms with van der Waals surface area (Å²) in [7, 11) is 0. The van der Waals surface area contributed by atoms with Crippen LogP contribution in [0.2, 0.25) is 0 Å². The van der Waals surface area contributed by atoms with E-state index in [4.69, 9.17) is 0 Å². The van der Waals surface area contributed by atoms with Gasteiger partial charge in [0, 0.05) is 19.6 Å². The van der Waals surface area contributed by atoms with E-state index in [0.717, 1.165) is 61.9 Å². The molecule has 3 rings (SSSR count). The van der Waals surface area contributed by atoms with Gasteiger partial charge in [0.15, 0.2) is 5.82 Å². The topological polar surface area (TPSA) is 76.0 Å². The summed E-state index contributed by atoms with van der Waals surface area (Å²) in [4.78, 5) is 29.9. The van der Waals surface area contributed by atoms with E-state index in [1.54, 1.807) is 0 Å². The predicted molar refractivity (Wildman–Crippen MR) is 109 cm³/mol. The number of nitrogens with one attached hydrogen (secondary N) is 2. The lowest BCUT2D eigenvalue weighted by Gasteiger charge is -2.17. The first-order valence-electron chi connectivity index (χ1n) is 10.3. The second-order valence-corrected chi connectivity index (χ2v) is 7.41. The minimum Gasteiger partial charge on any atom is -0.351 e. The minimum atomic E-state index is -0.226. The molecule has 0 atom stereocenters. The highest BCUT2D eigenvalue weighted by Crippen LogP contribution is 2.21. The van der Waals surface area contributed by atoms with E-state index in [9.17, 15) is 9.59 Å². The summed E-state index contributed by atoms with van der Waals surface area (Å²) in [5, 5.41) is 5.92. The molecule has 0 radical (unpaired) electrons. The van der Waals surface area contributed by atoms with Gasteiger partial charge < -0.3 is 15.2 Å². The van der Waals surface area contributed by atoms with Crippen LogP contribution < -0.4 is 10.6 Å². The van der Waals surface area contributed by atoms with Crippen LogP contribution in [0.5, 0.6) is 0 Å². The van der Waals surface area contributed by atoms with Gasteiger partial charge in [-0.2, -0.15) is 0 Å². The first-order chi connectivity index (χ1) is 13.6. The Balaban J connectivity index is 1.73. The number of amides is 2. The van der Waals surface area contributed by atoms with Gasteiger partial charge in [0.2, 0.25) is 0 Å². The number of benzene rings is 1. The van der Waals surface area contributed by atoms with Crippen LogP contribution in [-0.4, -0.2) is 27.9 Å². The number of nitrogens with zero attached hydrogens (tertiary/aromatic N) is 2. The zero-order valence-corrected chi connectivity index (χ0v) is 16.9. The van der Waals surface area contributed by atoms with E-state index in [1.165, 1.54) is 0 Å². The maximum Gasteiger partial charge on any atom is 0.287 e. The van der Waals surface area contributed by atoms with Gasteiger partial charge in [-0.15, -0.1) is 0 Å². The standard InChI is InChI=1S/C22H30N4O2/c1-3-4-8-13-23-21(27)19-18-12-7-9-14-26(18)20(25-19)22(28)24-15-17-11-6-5-10-16(17)2/h5-6,10-11H,3-4,7-9,12-15H2,1-2H3,(H,23,27)(H,24,28). The fourth-order valence-electron chi connectivity index (χ4n) is 3.62. The number of rotatable bonds is 8. The Hall–Kier alpha value is -2.63. The van der Waals surface area contributed by atoms with Crippen LogP contribution in [0.15, 0.2) is 24.3 Å². The number of carbonyl (C=O) groups excluding carboxylic acids is 2. The Morgan fingerprint density at radius 3 is 2.71 bits per heavy atom. The van der Waals surface area contributed by atoms with Crippen LogP contribution in [0.25, 0.3) is 0 Å². The molecule has 1 aromatic carbocycles. The summed E-state index contributed by atoms with van der Waals surface area (Å²) in [6.07, 6.45) is 5.97. The quantitative estimate of drug-likeness (QED) is 0.687. The van der Waals surface area contributed by atoms with Crippen molar-refractivity contribution in [2.24, 2.45) is 0 Å². The summed E-state index contributed by atoms with van der Waals surface area (Å²) in [6, 6.07) is 7.98. The van der Waals surface area contributed by atoms with Crippen molar-refractivity contribution in [2.75, 3.05) is 6.54 Å². The molecule has 2 N–H and O–H groups in total. The third kappa shape index (κ3) is 4.61. The van der Waals surface area contributed by atoms with E-state index in [-0.39, 0.29) is 11.8 Å². The van der Waals surface area contributed by atoms with E-state index in [0.29, 0.717) is 24.6 Å². The lowest BCUT2D eigenvalue weighted by molar-refractivity contribution is 0.0935. The van der Waals surface area contributed by atoms with Crippen LogP contribution in [0.4, 0.5) is 0 Å². The number of carbonyl (C=O) groups is 2. The largest absolute Gasteiger partial charge is 0.351 e. The second kappa shape index (κ2) is 9.53. The van der Waals surface area contributed by atoms with Crippen molar-refractivity contribution >= 4 is 11.8 Å². The molecule has 6 heteroatoms. The van der Waals surface area contributed by atoms with Crippen molar-refractivity contribution < 1.29 is 9.59 Å². The fraction of sp³-hybridized carbons (Fsp3) is 0.500. The third-order valence-electron chi connectivity index (χ3n) is 5.30. The maximum absolute atomic E-state index is 12.8. The SMILES string of the molecule is CCCCCNC(=O)c1nc(C(=O)NCc2ccccc2C)n2c1CCCC2. The summed E-state index contributed by atoms with van der Waals surface area (Å²) in [6.45, 7) is 5.99. The Bertz CT molecular complexity index is 841. The first-order valence-corrected chi connectivity index (χ1v) is 10.3. The molecule has 0 saturated carbocycles. The molecule has 6 nitrogen and oxygen atoms in total. The van der Waals surface area contributed by atoms with Gasteiger partial charge in [-0.1, -0.05) is 44.0 Å². The molecule has 2 heterocycles. The molecule has 2 aromatic rings. The number of aromatic nitrogens is 2. The first kappa shape index (κ1) is 20.1. The second-order valence-electron chi connectivity index (χ2n) is 7.41. The predicted octanol–water partition coefficient (Wildman–Crippen LogP) is 3.38. The number of hydrogen-bond donors (Lipinski definition) is 2. The molecule has 0 spiro atoms. The smallest absolute Gasteiger partial charge is 0.287 e. The van der Waals surface area contributed by atoms with Crippen LogP contribution in [-0.2, 0) is 19.5 Å². The highest BCUT2D eigenvalue weighted by Gasteiger charge is 2.27. The highest BCUT2D eigenvalue weighted by atomic mass is 16.2. The Kier molecular flexibility index (Phi) is 6.85. The third-order valence-corrected chi connectivity index (χ3v) is 5.30. The molecule has 150 valence electrons. The monoisotopic (exact) mass is 382 g/mol. The molecular weight excluding hydrogens is 352 g/mol. The number of imidazole rings is 1. The molecule has 28 heavy (non-hydrogen) atoms. The maximum atomic E-state index is 12.8. The molecule has 0 aliphatic carbocycles. The average molecular weight is 383 g/mol. The molecule has 0 bridgehead atoms. The lowest BCUT2D eigenvalue weighted by atomic mass is 10.1. The molecule has 0 fully saturated rings. The Morgan fingerprint density at radius 2 is 1.93 bits per heavy atom. The summed E-state index contributed by atoms with van der Waals surface area (Å²) in [5.41, 5.74) is 3.52. The van der Waals surface area contributed by atoms with E-state index in [2.05, 4.69) is 22.5 Å². The Morgan fingerprint density at radius 1 is 1.11 bits per heavy atom. The lowest BCUT2D eigenvalue weighted by Crippen LogP contribution is -2.27. The van der Waals surface area contributed by atoms with E-state index in [1.807, 2.05) is 35.8 Å². The normalized spacial score (nSPS) is 13.1. The van der Waals surface area contributed by atoms with Crippen LogP contribution in [0, 0.1) is 6.92 Å². The number of fused-ring (bicyclic) bond motifs is 1. The van der Waals surface area contributed by atoms with Gasteiger partial charge >= 0.3 is 0 Å². The molecule has 0 unspecified atom stereocenters. The number of unbranched alkanes of at least 4 members (excludes halogenated alkanes) is 2. The highest BCUT2D eigenvalue weighted by molar-refractivity contribution is 5.97. The van der Waals surface area contributed by atoms with E-state index < -0.39 is 0 Å². The minimum absolute atomic E-state index is 0.167. The van der Waals surface area contributed by atoms with Crippen LogP contribution >= 0.6 is 0 Å². The van der Waals surface area contributed by atoms with Crippen molar-refractivity contribution in [3.63, 3.8) is 0 Å². The molecule has 2 amide bonds. The molecule has 1 aromatic heterocycles. The molecular formula is C22H30N4O2. The van der Waals surface area contributed by atoms with E-state index >= 15 is 0 Å².